The molecule has 246 valence electrons. The first-order valence-electron chi connectivity index (χ1n) is 13.7. The molecule has 49 heavy (non-hydrogen) atoms. The number of ether oxygens (including phenoxy) is 2. The van der Waals surface area contributed by atoms with Gasteiger partial charge in [-0.3, -0.25) is 0 Å². The summed E-state index contributed by atoms with van der Waals surface area (Å²) in [5.41, 5.74) is -4.78. The number of allylic oxidation sites excluding steroid dienone is 3. The summed E-state index contributed by atoms with van der Waals surface area (Å²) in [6.07, 6.45) is -17.6. The Kier molecular flexibility index (Phi) is 8.44. The average Bonchev–Trinajstić information content (AvgIpc) is 3.59. The summed E-state index contributed by atoms with van der Waals surface area (Å²) in [5, 5.41) is 18.1. The van der Waals surface area contributed by atoms with Gasteiger partial charge in [-0.15, -0.1) is 26.3 Å². The summed E-state index contributed by atoms with van der Waals surface area (Å²) in [6.45, 7) is 16.7. The zero-order valence-electron chi connectivity index (χ0n) is 24.5. The molecule has 0 bridgehead atoms. The summed E-state index contributed by atoms with van der Waals surface area (Å²) >= 11 is 0. The molecule has 6 nitrogen and oxygen atoms in total. The SMILES string of the molecule is [C-]#[N+]C([N+]#[C-])=C1Cc2c(OC(F)(F)F)c3c(c(OC(F)(F)F)c2=C1c1cccc(C)c1)CC(=C(C#N)C#N)C=3c1cccc(C(F)(F)F)c1. The predicted molar refractivity (Wildman–Crippen MR) is 153 cm³/mol. The number of halogens is 9. The molecule has 0 atom stereocenters. The lowest BCUT2D eigenvalue weighted by Crippen LogP contribution is -2.32. The molecule has 2 aliphatic carbocycles. The van der Waals surface area contributed by atoms with Crippen LogP contribution in [0.1, 0.15) is 33.4 Å². The summed E-state index contributed by atoms with van der Waals surface area (Å²) in [6, 6.07) is 12.0. The van der Waals surface area contributed by atoms with Crippen LogP contribution in [-0.4, -0.2) is 12.7 Å². The number of aryl methyl sites for hydroxylation is 1. The molecule has 0 fully saturated rings. The largest absolute Gasteiger partial charge is 0.573 e. The Balaban J connectivity index is 2.17. The zero-order valence-corrected chi connectivity index (χ0v) is 24.5. The van der Waals surface area contributed by atoms with Gasteiger partial charge in [0, 0.05) is 34.4 Å². The summed E-state index contributed by atoms with van der Waals surface area (Å²) in [5.74, 6) is -2.93. The number of benzene rings is 3. The Morgan fingerprint density at radius 2 is 1.18 bits per heavy atom. The minimum atomic E-state index is -5.54. The minimum Gasteiger partial charge on any atom is -0.405 e. The van der Waals surface area contributed by atoms with Gasteiger partial charge >= 0.3 is 24.7 Å². The molecule has 3 aromatic rings. The Morgan fingerprint density at radius 1 is 0.714 bits per heavy atom. The zero-order chi connectivity index (χ0) is 36.1. The fourth-order valence-electron chi connectivity index (χ4n) is 5.97. The smallest absolute Gasteiger partial charge is 0.405 e. The first-order chi connectivity index (χ1) is 22.9. The van der Waals surface area contributed by atoms with Gasteiger partial charge < -0.3 is 9.47 Å². The normalized spacial score (nSPS) is 13.9. The number of rotatable bonds is 4. The molecular weight excluding hydrogens is 667 g/mol. The molecule has 3 aromatic carbocycles. The third-order valence-electron chi connectivity index (χ3n) is 7.64. The van der Waals surface area contributed by atoms with E-state index in [2.05, 4.69) is 19.2 Å². The fourth-order valence-corrected chi connectivity index (χ4v) is 5.97. The summed E-state index contributed by atoms with van der Waals surface area (Å²) < 4.78 is 136. The third-order valence-corrected chi connectivity index (χ3v) is 7.64. The van der Waals surface area contributed by atoms with Gasteiger partial charge in [-0.05, 0) is 46.9 Å². The molecule has 0 N–H and O–H groups in total. The fraction of sp³-hybridized carbons (Fsp3) is 0.176. The maximum Gasteiger partial charge on any atom is 0.573 e. The molecule has 0 aliphatic heterocycles. The van der Waals surface area contributed by atoms with Crippen molar-refractivity contribution < 1.29 is 49.0 Å². The van der Waals surface area contributed by atoms with Crippen LogP contribution in [0.3, 0.4) is 0 Å². The second kappa shape index (κ2) is 12.1. The highest BCUT2D eigenvalue weighted by Gasteiger charge is 2.44. The second-order valence-electron chi connectivity index (χ2n) is 10.6. The van der Waals surface area contributed by atoms with E-state index in [4.69, 9.17) is 13.1 Å². The highest BCUT2D eigenvalue weighted by molar-refractivity contribution is 5.92. The van der Waals surface area contributed by atoms with Gasteiger partial charge in [0.05, 0.1) is 11.1 Å². The topological polar surface area (TPSA) is 74.8 Å². The van der Waals surface area contributed by atoms with Crippen molar-refractivity contribution in [2.24, 2.45) is 0 Å². The highest BCUT2D eigenvalue weighted by Crippen LogP contribution is 2.44. The Hall–Kier alpha value is -6.19. The third kappa shape index (κ3) is 6.39. The van der Waals surface area contributed by atoms with Crippen LogP contribution in [0.2, 0.25) is 0 Å². The van der Waals surface area contributed by atoms with Crippen molar-refractivity contribution in [2.45, 2.75) is 38.7 Å². The van der Waals surface area contributed by atoms with E-state index >= 15 is 0 Å². The van der Waals surface area contributed by atoms with E-state index in [9.17, 15) is 50.0 Å². The van der Waals surface area contributed by atoms with Crippen molar-refractivity contribution in [3.63, 3.8) is 0 Å². The first kappa shape index (κ1) is 34.2. The van der Waals surface area contributed by atoms with Crippen molar-refractivity contribution in [1.82, 2.24) is 0 Å². The Morgan fingerprint density at radius 3 is 1.63 bits per heavy atom. The molecule has 0 aromatic heterocycles. The molecule has 0 saturated heterocycles. The second-order valence-corrected chi connectivity index (χ2v) is 10.6. The highest BCUT2D eigenvalue weighted by atomic mass is 19.4. The van der Waals surface area contributed by atoms with Gasteiger partial charge in [0.1, 0.15) is 42.4 Å². The van der Waals surface area contributed by atoms with Crippen LogP contribution in [0, 0.1) is 42.7 Å². The van der Waals surface area contributed by atoms with E-state index < -0.39 is 98.5 Å². The van der Waals surface area contributed by atoms with Gasteiger partial charge in [0.25, 0.3) is 0 Å². The standard InChI is InChI=1S/C34H15F9N4O2/c1-16-6-4-7-17(10-16)26-24(31(46-2)47-3)13-23-28(26)29(48-33(38,39)40)22-12-21(19(14-44)15-45)25(27(22)30(23)49-34(41,42)43)18-8-5-9-20(11-18)32(35,36)37/h4-11H,12-13H2,1H3. The molecule has 0 amide bonds. The number of hydrogen-bond donors (Lipinski definition) is 0. The molecule has 5 rings (SSSR count). The van der Waals surface area contributed by atoms with Crippen LogP contribution in [0.25, 0.3) is 20.8 Å². The summed E-state index contributed by atoms with van der Waals surface area (Å²) in [7, 11) is 0. The van der Waals surface area contributed by atoms with E-state index in [0.717, 1.165) is 12.1 Å². The van der Waals surface area contributed by atoms with E-state index in [1.54, 1.807) is 13.0 Å². The van der Waals surface area contributed by atoms with Gasteiger partial charge in [-0.1, -0.05) is 42.0 Å². The van der Waals surface area contributed by atoms with Crippen molar-refractivity contribution in [2.75, 3.05) is 0 Å². The number of nitrogens with zero attached hydrogens (tertiary/aromatic N) is 4. The monoisotopic (exact) mass is 682 g/mol. The van der Waals surface area contributed by atoms with Crippen LogP contribution in [0.5, 0.6) is 11.5 Å². The van der Waals surface area contributed by atoms with Gasteiger partial charge in [0.15, 0.2) is 0 Å². The molecule has 0 spiro atoms. The Labute approximate surface area is 270 Å². The molecule has 0 unspecified atom stereocenters. The molecular formula is C34H15F9N4O2. The lowest BCUT2D eigenvalue weighted by Gasteiger charge is -2.19. The van der Waals surface area contributed by atoms with Gasteiger partial charge in [0.2, 0.25) is 0 Å². The van der Waals surface area contributed by atoms with Crippen molar-refractivity contribution in [3.8, 4) is 23.6 Å². The molecule has 2 aliphatic rings. The maximum atomic E-state index is 14.2. The molecule has 0 radical (unpaired) electrons. The molecule has 0 saturated carbocycles. The van der Waals surface area contributed by atoms with Crippen LogP contribution >= 0.6 is 0 Å². The van der Waals surface area contributed by atoms with E-state index in [0.29, 0.717) is 17.7 Å². The van der Waals surface area contributed by atoms with Crippen molar-refractivity contribution in [1.29, 1.82) is 10.5 Å². The number of nitriles is 2. The molecule has 0 heterocycles. The van der Waals surface area contributed by atoms with E-state index in [-0.39, 0.29) is 16.7 Å². The van der Waals surface area contributed by atoms with Crippen LogP contribution in [0.4, 0.5) is 39.5 Å². The molecule has 15 heteroatoms. The minimum absolute atomic E-state index is 0.106. The number of fused-ring (bicyclic) bond motifs is 2. The van der Waals surface area contributed by atoms with Crippen LogP contribution in [-0.2, 0) is 19.0 Å². The van der Waals surface area contributed by atoms with E-state index in [1.165, 1.54) is 30.3 Å². The lowest BCUT2D eigenvalue weighted by molar-refractivity contribution is -0.277. The van der Waals surface area contributed by atoms with Gasteiger partial charge in [-0.2, -0.15) is 33.4 Å². The van der Waals surface area contributed by atoms with E-state index in [1.807, 2.05) is 0 Å². The predicted octanol–water partition coefficient (Wildman–Crippen LogP) is 7.72. The quantitative estimate of drug-likeness (QED) is 0.161. The number of hydrogen-bond acceptors (Lipinski definition) is 4. The van der Waals surface area contributed by atoms with Crippen LogP contribution < -0.4 is 19.9 Å². The maximum absolute atomic E-state index is 14.2. The average molecular weight is 683 g/mol. The number of alkyl halides is 9. The summed E-state index contributed by atoms with van der Waals surface area (Å²) in [4.78, 5) is 6.29. The van der Waals surface area contributed by atoms with Crippen molar-refractivity contribution in [3.05, 3.63) is 138 Å². The lowest BCUT2D eigenvalue weighted by atomic mass is 9.94. The van der Waals surface area contributed by atoms with Crippen LogP contribution in [0.15, 0.2) is 71.1 Å². The first-order valence-corrected chi connectivity index (χ1v) is 13.7. The van der Waals surface area contributed by atoms with Gasteiger partial charge in [-0.25, -0.2) is 0 Å². The van der Waals surface area contributed by atoms with Crippen molar-refractivity contribution >= 4 is 11.1 Å². The Bertz CT molecular complexity index is 2270.